The van der Waals surface area contributed by atoms with Gasteiger partial charge in [-0.2, -0.15) is 0 Å². The Labute approximate surface area is 81.7 Å². The van der Waals surface area contributed by atoms with Crippen LogP contribution in [0.5, 0.6) is 0 Å². The Morgan fingerprint density at radius 3 is 2.69 bits per heavy atom. The van der Waals surface area contributed by atoms with Gasteiger partial charge in [0.2, 0.25) is 0 Å². The van der Waals surface area contributed by atoms with Crippen molar-refractivity contribution >= 4 is 11.6 Å². The maximum Gasteiger partial charge on any atom is 0.141 e. The molecule has 1 aliphatic carbocycles. The molecule has 1 aromatic carbocycles. The van der Waals surface area contributed by atoms with Gasteiger partial charge in [-0.05, 0) is 37.0 Å². The lowest BCUT2D eigenvalue weighted by molar-refractivity contribution is 0.624. The standard InChI is InChI=1S/C10H11ClFN/c11-8-5-7(1-2-9(8)12)6-10(13)3-4-10/h1-2,5H,3-4,6,13H2. The van der Waals surface area contributed by atoms with Crippen LogP contribution in [-0.4, -0.2) is 5.54 Å². The second-order valence-corrected chi connectivity index (χ2v) is 4.19. The van der Waals surface area contributed by atoms with Gasteiger partial charge in [0.15, 0.2) is 0 Å². The average molecular weight is 200 g/mol. The van der Waals surface area contributed by atoms with Gasteiger partial charge >= 0.3 is 0 Å². The largest absolute Gasteiger partial charge is 0.325 e. The van der Waals surface area contributed by atoms with Gasteiger partial charge in [-0.15, -0.1) is 0 Å². The first-order chi connectivity index (χ1) is 6.09. The van der Waals surface area contributed by atoms with Crippen molar-refractivity contribution in [2.24, 2.45) is 5.73 Å². The molecule has 1 aromatic rings. The monoisotopic (exact) mass is 199 g/mol. The fraction of sp³-hybridized carbons (Fsp3) is 0.400. The van der Waals surface area contributed by atoms with Crippen molar-refractivity contribution in [3.8, 4) is 0 Å². The van der Waals surface area contributed by atoms with Gasteiger partial charge < -0.3 is 5.73 Å². The molecule has 0 radical (unpaired) electrons. The van der Waals surface area contributed by atoms with Crippen LogP contribution >= 0.6 is 11.6 Å². The maximum absolute atomic E-state index is 12.8. The summed E-state index contributed by atoms with van der Waals surface area (Å²) in [6, 6.07) is 4.79. The molecule has 0 aromatic heterocycles. The molecule has 0 amide bonds. The number of halogens is 2. The van der Waals surface area contributed by atoms with E-state index in [0.29, 0.717) is 0 Å². The summed E-state index contributed by atoms with van der Waals surface area (Å²) in [6.45, 7) is 0. The Morgan fingerprint density at radius 1 is 1.46 bits per heavy atom. The zero-order valence-corrected chi connectivity index (χ0v) is 7.94. The summed E-state index contributed by atoms with van der Waals surface area (Å²) >= 11 is 5.65. The van der Waals surface area contributed by atoms with Gasteiger partial charge in [0.1, 0.15) is 5.82 Å². The van der Waals surface area contributed by atoms with Crippen LogP contribution in [-0.2, 0) is 6.42 Å². The molecule has 1 aliphatic rings. The lowest BCUT2D eigenvalue weighted by Gasteiger charge is -2.08. The van der Waals surface area contributed by atoms with E-state index in [1.54, 1.807) is 12.1 Å². The predicted octanol–water partition coefficient (Wildman–Crippen LogP) is 2.51. The minimum absolute atomic E-state index is 0.0405. The van der Waals surface area contributed by atoms with Crippen molar-refractivity contribution in [3.05, 3.63) is 34.6 Å². The SMILES string of the molecule is NC1(Cc2ccc(F)c(Cl)c2)CC1. The van der Waals surface area contributed by atoms with Crippen LogP contribution in [0.4, 0.5) is 4.39 Å². The number of benzene rings is 1. The predicted molar refractivity (Wildman–Crippen MR) is 51.3 cm³/mol. The molecular formula is C10H11ClFN. The van der Waals surface area contributed by atoms with Gasteiger partial charge in [0.05, 0.1) is 5.02 Å². The fourth-order valence-corrected chi connectivity index (χ4v) is 1.60. The van der Waals surface area contributed by atoms with E-state index in [1.165, 1.54) is 6.07 Å². The Hall–Kier alpha value is -0.600. The van der Waals surface area contributed by atoms with Gasteiger partial charge in [-0.25, -0.2) is 4.39 Å². The van der Waals surface area contributed by atoms with Crippen molar-refractivity contribution in [3.63, 3.8) is 0 Å². The number of hydrogen-bond donors (Lipinski definition) is 1. The van der Waals surface area contributed by atoms with Crippen LogP contribution < -0.4 is 5.73 Å². The highest BCUT2D eigenvalue weighted by molar-refractivity contribution is 6.30. The van der Waals surface area contributed by atoms with E-state index >= 15 is 0 Å². The molecule has 1 nitrogen and oxygen atoms in total. The highest BCUT2D eigenvalue weighted by atomic mass is 35.5. The number of hydrogen-bond acceptors (Lipinski definition) is 1. The second-order valence-electron chi connectivity index (χ2n) is 3.79. The molecule has 13 heavy (non-hydrogen) atoms. The third-order valence-corrected chi connectivity index (χ3v) is 2.72. The molecule has 1 fully saturated rings. The van der Waals surface area contributed by atoms with E-state index in [2.05, 4.69) is 0 Å². The first kappa shape index (κ1) is 8.97. The molecule has 0 saturated heterocycles. The zero-order valence-electron chi connectivity index (χ0n) is 7.19. The third kappa shape index (κ3) is 2.01. The molecule has 0 unspecified atom stereocenters. The number of nitrogens with two attached hydrogens (primary N) is 1. The lowest BCUT2D eigenvalue weighted by atomic mass is 10.1. The van der Waals surface area contributed by atoms with Crippen LogP contribution in [0.3, 0.4) is 0 Å². The molecule has 0 atom stereocenters. The summed E-state index contributed by atoms with van der Waals surface area (Å²) in [5.74, 6) is -0.368. The van der Waals surface area contributed by atoms with Crippen molar-refractivity contribution < 1.29 is 4.39 Å². The van der Waals surface area contributed by atoms with Gasteiger partial charge in [-0.3, -0.25) is 0 Å². The molecule has 0 bridgehead atoms. The van der Waals surface area contributed by atoms with Crippen molar-refractivity contribution in [1.82, 2.24) is 0 Å². The van der Waals surface area contributed by atoms with E-state index in [0.717, 1.165) is 24.8 Å². The summed E-state index contributed by atoms with van der Waals surface area (Å²) < 4.78 is 12.8. The average Bonchev–Trinajstić information content (AvgIpc) is 2.76. The molecule has 0 spiro atoms. The number of rotatable bonds is 2. The topological polar surface area (TPSA) is 26.0 Å². The Kier molecular flexibility index (Phi) is 2.05. The maximum atomic E-state index is 12.8. The summed E-state index contributed by atoms with van der Waals surface area (Å²) in [7, 11) is 0. The van der Waals surface area contributed by atoms with E-state index in [4.69, 9.17) is 17.3 Å². The van der Waals surface area contributed by atoms with Crippen LogP contribution in [0.1, 0.15) is 18.4 Å². The van der Waals surface area contributed by atoms with E-state index < -0.39 is 0 Å². The lowest BCUT2D eigenvalue weighted by Crippen LogP contribution is -2.24. The Morgan fingerprint density at radius 2 is 2.15 bits per heavy atom. The second kappa shape index (κ2) is 2.96. The van der Waals surface area contributed by atoms with Crippen molar-refractivity contribution in [2.75, 3.05) is 0 Å². The molecular weight excluding hydrogens is 189 g/mol. The van der Waals surface area contributed by atoms with Crippen LogP contribution in [0.25, 0.3) is 0 Å². The Balaban J connectivity index is 2.17. The molecule has 0 heterocycles. The van der Waals surface area contributed by atoms with E-state index in [-0.39, 0.29) is 16.4 Å². The van der Waals surface area contributed by atoms with E-state index in [1.807, 2.05) is 0 Å². The molecule has 3 heteroatoms. The first-order valence-corrected chi connectivity index (χ1v) is 4.70. The van der Waals surface area contributed by atoms with Crippen molar-refractivity contribution in [2.45, 2.75) is 24.8 Å². The molecule has 1 saturated carbocycles. The minimum atomic E-state index is -0.368. The Bertz CT molecular complexity index is 334. The summed E-state index contributed by atoms with van der Waals surface area (Å²) in [6.07, 6.45) is 2.91. The zero-order chi connectivity index (χ0) is 9.47. The summed E-state index contributed by atoms with van der Waals surface area (Å²) in [5, 5.41) is 0.182. The van der Waals surface area contributed by atoms with Crippen LogP contribution in [0.15, 0.2) is 18.2 Å². The van der Waals surface area contributed by atoms with Crippen LogP contribution in [0, 0.1) is 5.82 Å². The highest BCUT2D eigenvalue weighted by Crippen LogP contribution is 2.36. The summed E-state index contributed by atoms with van der Waals surface area (Å²) in [5.41, 5.74) is 6.91. The normalized spacial score (nSPS) is 18.7. The fourth-order valence-electron chi connectivity index (χ4n) is 1.39. The minimum Gasteiger partial charge on any atom is -0.325 e. The first-order valence-electron chi connectivity index (χ1n) is 4.32. The molecule has 2 N–H and O–H groups in total. The third-order valence-electron chi connectivity index (χ3n) is 2.43. The molecule has 0 aliphatic heterocycles. The van der Waals surface area contributed by atoms with Gasteiger partial charge in [-0.1, -0.05) is 17.7 Å². The molecule has 70 valence electrons. The van der Waals surface area contributed by atoms with E-state index in [9.17, 15) is 4.39 Å². The molecule has 2 rings (SSSR count). The van der Waals surface area contributed by atoms with Crippen LogP contribution in [0.2, 0.25) is 5.02 Å². The highest BCUT2D eigenvalue weighted by Gasteiger charge is 2.37. The summed E-state index contributed by atoms with van der Waals surface area (Å²) in [4.78, 5) is 0. The smallest absolute Gasteiger partial charge is 0.141 e. The quantitative estimate of drug-likeness (QED) is 0.778. The van der Waals surface area contributed by atoms with Gasteiger partial charge in [0.25, 0.3) is 0 Å². The van der Waals surface area contributed by atoms with Crippen molar-refractivity contribution in [1.29, 1.82) is 0 Å². The van der Waals surface area contributed by atoms with Gasteiger partial charge in [0, 0.05) is 5.54 Å².